The van der Waals surface area contributed by atoms with Gasteiger partial charge in [-0.3, -0.25) is 14.9 Å². The summed E-state index contributed by atoms with van der Waals surface area (Å²) in [7, 11) is 0. The molecule has 1 unspecified atom stereocenters. The van der Waals surface area contributed by atoms with Crippen molar-refractivity contribution in [2.45, 2.75) is 19.8 Å². The number of aryl methyl sites for hydroxylation is 1. The van der Waals surface area contributed by atoms with E-state index in [0.717, 1.165) is 18.4 Å². The summed E-state index contributed by atoms with van der Waals surface area (Å²) in [6, 6.07) is 4.63. The molecule has 1 fully saturated rings. The van der Waals surface area contributed by atoms with Crippen LogP contribution in [0.15, 0.2) is 18.2 Å². The van der Waals surface area contributed by atoms with E-state index in [2.05, 4.69) is 0 Å². The number of nitro groups is 1. The molecule has 0 radical (unpaired) electrons. The van der Waals surface area contributed by atoms with Gasteiger partial charge in [-0.25, -0.2) is 0 Å². The smallest absolute Gasteiger partial charge is 0.282 e. The van der Waals surface area contributed by atoms with Crippen LogP contribution in [0.3, 0.4) is 0 Å². The van der Waals surface area contributed by atoms with E-state index < -0.39 is 4.92 Å². The van der Waals surface area contributed by atoms with Crippen LogP contribution in [0.1, 0.15) is 28.8 Å². The van der Waals surface area contributed by atoms with E-state index in [1.54, 1.807) is 17.0 Å². The number of rotatable bonds is 3. The molecule has 1 atom stereocenters. The fourth-order valence-corrected chi connectivity index (χ4v) is 2.59. The largest absolute Gasteiger partial charge is 0.338 e. The van der Waals surface area contributed by atoms with Crippen LogP contribution in [0.4, 0.5) is 5.69 Å². The van der Waals surface area contributed by atoms with Crippen molar-refractivity contribution in [2.75, 3.05) is 19.6 Å². The lowest BCUT2D eigenvalue weighted by Gasteiger charge is -2.32. The zero-order valence-corrected chi connectivity index (χ0v) is 11.5. The second-order valence-corrected chi connectivity index (χ2v) is 5.27. The molecule has 0 bridgehead atoms. The first-order valence-electron chi connectivity index (χ1n) is 6.77. The van der Waals surface area contributed by atoms with Gasteiger partial charge in [-0.05, 0) is 43.9 Å². The molecule has 2 N–H and O–H groups in total. The molecule has 2 rings (SSSR count). The molecule has 108 valence electrons. The van der Waals surface area contributed by atoms with Crippen molar-refractivity contribution in [3.8, 4) is 0 Å². The Hall–Kier alpha value is -1.95. The van der Waals surface area contributed by atoms with Crippen LogP contribution in [0.2, 0.25) is 0 Å². The van der Waals surface area contributed by atoms with Crippen LogP contribution < -0.4 is 5.73 Å². The van der Waals surface area contributed by atoms with Gasteiger partial charge in [-0.15, -0.1) is 0 Å². The van der Waals surface area contributed by atoms with Crippen LogP contribution >= 0.6 is 0 Å². The molecule has 1 aromatic rings. The van der Waals surface area contributed by atoms with Gasteiger partial charge in [-0.1, -0.05) is 6.07 Å². The first-order valence-corrected chi connectivity index (χ1v) is 6.77. The molecule has 6 nitrogen and oxygen atoms in total. The van der Waals surface area contributed by atoms with Crippen molar-refractivity contribution in [3.63, 3.8) is 0 Å². The number of piperidine rings is 1. The third-order valence-electron chi connectivity index (χ3n) is 3.72. The van der Waals surface area contributed by atoms with Crippen molar-refractivity contribution in [3.05, 3.63) is 39.4 Å². The molecule has 1 heterocycles. The summed E-state index contributed by atoms with van der Waals surface area (Å²) in [4.78, 5) is 24.8. The van der Waals surface area contributed by atoms with E-state index >= 15 is 0 Å². The van der Waals surface area contributed by atoms with E-state index in [9.17, 15) is 14.9 Å². The van der Waals surface area contributed by atoms with Crippen molar-refractivity contribution >= 4 is 11.6 Å². The van der Waals surface area contributed by atoms with Crippen LogP contribution in [-0.4, -0.2) is 35.4 Å². The highest BCUT2D eigenvalue weighted by molar-refractivity contribution is 5.98. The Balaban J connectivity index is 2.28. The molecule has 1 aliphatic rings. The predicted octanol–water partition coefficient (Wildman–Crippen LogP) is 1.71. The third-order valence-corrected chi connectivity index (χ3v) is 3.72. The van der Waals surface area contributed by atoms with E-state index in [1.165, 1.54) is 6.07 Å². The van der Waals surface area contributed by atoms with Crippen LogP contribution in [-0.2, 0) is 0 Å². The summed E-state index contributed by atoms with van der Waals surface area (Å²) in [5.74, 6) is 0.0233. The number of nitrogens with zero attached hydrogens (tertiary/aromatic N) is 2. The van der Waals surface area contributed by atoms with Gasteiger partial charge in [0, 0.05) is 19.2 Å². The van der Waals surface area contributed by atoms with Gasteiger partial charge in [0.25, 0.3) is 11.6 Å². The Morgan fingerprint density at radius 2 is 2.30 bits per heavy atom. The fraction of sp³-hybridized carbons (Fsp3) is 0.500. The van der Waals surface area contributed by atoms with Crippen molar-refractivity contribution in [2.24, 2.45) is 11.7 Å². The SMILES string of the molecule is Cc1ccc([N+](=O)[O-])c(C(=O)N2CCCC(CN)C2)c1. The van der Waals surface area contributed by atoms with Gasteiger partial charge in [0.15, 0.2) is 0 Å². The number of carbonyl (C=O) groups excluding carboxylic acids is 1. The highest BCUT2D eigenvalue weighted by atomic mass is 16.6. The number of hydrogen-bond donors (Lipinski definition) is 1. The lowest BCUT2D eigenvalue weighted by Crippen LogP contribution is -2.42. The number of amides is 1. The molecular weight excluding hydrogens is 258 g/mol. The lowest BCUT2D eigenvalue weighted by atomic mass is 9.97. The maximum absolute atomic E-state index is 12.5. The highest BCUT2D eigenvalue weighted by Crippen LogP contribution is 2.24. The first-order chi connectivity index (χ1) is 9.52. The molecule has 0 aromatic heterocycles. The zero-order chi connectivity index (χ0) is 14.7. The minimum Gasteiger partial charge on any atom is -0.338 e. The number of nitro benzene ring substituents is 1. The molecule has 1 aromatic carbocycles. The third kappa shape index (κ3) is 2.96. The maximum atomic E-state index is 12.5. The average molecular weight is 277 g/mol. The van der Waals surface area contributed by atoms with E-state index in [0.29, 0.717) is 19.6 Å². The standard InChI is InChI=1S/C14H19N3O3/c1-10-4-5-13(17(19)20)12(7-10)14(18)16-6-2-3-11(8-15)9-16/h4-5,7,11H,2-3,6,8-9,15H2,1H3. The minimum absolute atomic E-state index is 0.129. The number of nitrogens with two attached hydrogens (primary N) is 1. The molecule has 0 saturated carbocycles. The summed E-state index contributed by atoms with van der Waals surface area (Å²) in [6.45, 7) is 3.58. The predicted molar refractivity (Wildman–Crippen MR) is 75.5 cm³/mol. The number of benzene rings is 1. The molecule has 0 aliphatic carbocycles. The zero-order valence-electron chi connectivity index (χ0n) is 11.5. The van der Waals surface area contributed by atoms with Crippen molar-refractivity contribution in [1.29, 1.82) is 0 Å². The molecule has 1 aliphatic heterocycles. The first kappa shape index (κ1) is 14.5. The topological polar surface area (TPSA) is 89.5 Å². The Kier molecular flexibility index (Phi) is 4.34. The van der Waals surface area contributed by atoms with Gasteiger partial charge in [0.2, 0.25) is 0 Å². The average Bonchev–Trinajstić information content (AvgIpc) is 2.46. The second-order valence-electron chi connectivity index (χ2n) is 5.27. The fourth-order valence-electron chi connectivity index (χ4n) is 2.59. The molecule has 20 heavy (non-hydrogen) atoms. The van der Waals surface area contributed by atoms with E-state index in [-0.39, 0.29) is 23.1 Å². The van der Waals surface area contributed by atoms with Gasteiger partial charge in [-0.2, -0.15) is 0 Å². The van der Waals surface area contributed by atoms with Crippen molar-refractivity contribution < 1.29 is 9.72 Å². The summed E-state index contributed by atoms with van der Waals surface area (Å²) >= 11 is 0. The molecule has 0 spiro atoms. The Labute approximate surface area is 117 Å². The van der Waals surface area contributed by atoms with Gasteiger partial charge in [0.1, 0.15) is 5.56 Å². The van der Waals surface area contributed by atoms with Crippen LogP contribution in [0.25, 0.3) is 0 Å². The van der Waals surface area contributed by atoms with Crippen LogP contribution in [0.5, 0.6) is 0 Å². The summed E-state index contributed by atoms with van der Waals surface area (Å²) in [5, 5.41) is 11.1. The normalized spacial score (nSPS) is 18.9. The summed E-state index contributed by atoms with van der Waals surface area (Å²) < 4.78 is 0. The van der Waals surface area contributed by atoms with Gasteiger partial charge < -0.3 is 10.6 Å². The minimum atomic E-state index is -0.503. The quantitative estimate of drug-likeness (QED) is 0.672. The van der Waals surface area contributed by atoms with Crippen molar-refractivity contribution in [1.82, 2.24) is 4.90 Å². The van der Waals surface area contributed by atoms with E-state index in [1.807, 2.05) is 6.92 Å². The monoisotopic (exact) mass is 277 g/mol. The molecule has 1 amide bonds. The van der Waals surface area contributed by atoms with Gasteiger partial charge >= 0.3 is 0 Å². The van der Waals surface area contributed by atoms with Crippen LogP contribution in [0, 0.1) is 23.0 Å². The van der Waals surface area contributed by atoms with Gasteiger partial charge in [0.05, 0.1) is 4.92 Å². The highest BCUT2D eigenvalue weighted by Gasteiger charge is 2.28. The summed E-state index contributed by atoms with van der Waals surface area (Å²) in [5.41, 5.74) is 6.54. The molecular formula is C14H19N3O3. The molecule has 6 heteroatoms. The molecule has 1 saturated heterocycles. The Bertz CT molecular complexity index is 530. The second kappa shape index (κ2) is 6.00. The Morgan fingerprint density at radius 3 is 2.95 bits per heavy atom. The number of hydrogen-bond acceptors (Lipinski definition) is 4. The van der Waals surface area contributed by atoms with E-state index in [4.69, 9.17) is 5.73 Å². The Morgan fingerprint density at radius 1 is 1.55 bits per heavy atom. The number of carbonyl (C=O) groups is 1. The maximum Gasteiger partial charge on any atom is 0.282 e. The summed E-state index contributed by atoms with van der Waals surface area (Å²) in [6.07, 6.45) is 1.91. The number of likely N-dealkylation sites (tertiary alicyclic amines) is 1. The lowest BCUT2D eigenvalue weighted by molar-refractivity contribution is -0.385.